The minimum atomic E-state index is -0.818. The van der Waals surface area contributed by atoms with Gasteiger partial charge in [0.15, 0.2) is 11.6 Å². The van der Waals surface area contributed by atoms with Gasteiger partial charge in [-0.05, 0) is 31.9 Å². The molecule has 1 aromatic rings. The summed E-state index contributed by atoms with van der Waals surface area (Å²) in [5, 5.41) is 2.23. The molecular formula is C12H12BrF2NO2. The van der Waals surface area contributed by atoms with Gasteiger partial charge in [0.05, 0.1) is 6.10 Å². The number of ether oxygens (including phenoxy) is 1. The third kappa shape index (κ3) is 2.87. The standard InChI is InChI=1S/C12H12BrF2NO2/c1-6-2-3-10(18-6)12(17)16-11-8(14)4-7(13)5-9(11)15/h4-6,10H,2-3H2,1H3,(H,16,17). The highest BCUT2D eigenvalue weighted by atomic mass is 79.9. The summed E-state index contributed by atoms with van der Waals surface area (Å²) in [7, 11) is 0. The van der Waals surface area contributed by atoms with Gasteiger partial charge in [-0.1, -0.05) is 15.9 Å². The minimum Gasteiger partial charge on any atom is -0.365 e. The van der Waals surface area contributed by atoms with Gasteiger partial charge in [-0.3, -0.25) is 4.79 Å². The number of halogens is 3. The summed E-state index contributed by atoms with van der Waals surface area (Å²) in [4.78, 5) is 11.8. The summed E-state index contributed by atoms with van der Waals surface area (Å²) in [6.07, 6.45) is 0.693. The second-order valence-electron chi connectivity index (χ2n) is 4.25. The maximum absolute atomic E-state index is 13.5. The zero-order valence-electron chi connectivity index (χ0n) is 9.67. The number of anilines is 1. The Labute approximate surface area is 112 Å². The molecule has 18 heavy (non-hydrogen) atoms. The third-order valence-electron chi connectivity index (χ3n) is 2.78. The van der Waals surface area contributed by atoms with Gasteiger partial charge in [-0.15, -0.1) is 0 Å². The molecule has 2 rings (SSSR count). The highest BCUT2D eigenvalue weighted by molar-refractivity contribution is 9.10. The molecule has 0 saturated carbocycles. The normalized spacial score (nSPS) is 23.1. The smallest absolute Gasteiger partial charge is 0.253 e. The summed E-state index contributed by atoms with van der Waals surface area (Å²) >= 11 is 2.97. The van der Waals surface area contributed by atoms with Crippen LogP contribution in [-0.4, -0.2) is 18.1 Å². The lowest BCUT2D eigenvalue weighted by molar-refractivity contribution is -0.126. The van der Waals surface area contributed by atoms with Crippen molar-refractivity contribution in [2.24, 2.45) is 0 Å². The zero-order chi connectivity index (χ0) is 13.3. The van der Waals surface area contributed by atoms with Gasteiger partial charge < -0.3 is 10.1 Å². The van der Waals surface area contributed by atoms with Crippen molar-refractivity contribution < 1.29 is 18.3 Å². The van der Waals surface area contributed by atoms with E-state index in [0.717, 1.165) is 18.6 Å². The molecule has 1 amide bonds. The number of carbonyl (C=O) groups is 1. The fourth-order valence-corrected chi connectivity index (χ4v) is 2.26. The largest absolute Gasteiger partial charge is 0.365 e. The molecule has 1 aromatic carbocycles. The van der Waals surface area contributed by atoms with E-state index < -0.39 is 29.3 Å². The first-order chi connectivity index (χ1) is 8.47. The first kappa shape index (κ1) is 13.4. The highest BCUT2D eigenvalue weighted by Crippen LogP contribution is 2.25. The van der Waals surface area contributed by atoms with Crippen LogP contribution in [0.15, 0.2) is 16.6 Å². The second kappa shape index (κ2) is 5.32. The van der Waals surface area contributed by atoms with Gasteiger partial charge >= 0.3 is 0 Å². The van der Waals surface area contributed by atoms with E-state index in [9.17, 15) is 13.6 Å². The maximum atomic E-state index is 13.5. The number of nitrogens with one attached hydrogen (secondary N) is 1. The van der Waals surface area contributed by atoms with Crippen LogP contribution in [0.3, 0.4) is 0 Å². The van der Waals surface area contributed by atoms with Crippen molar-refractivity contribution in [1.29, 1.82) is 0 Å². The van der Waals surface area contributed by atoms with E-state index in [1.165, 1.54) is 0 Å². The Hall–Kier alpha value is -1.01. The summed E-state index contributed by atoms with van der Waals surface area (Å²) in [5.41, 5.74) is -0.439. The molecular weight excluding hydrogens is 308 g/mol. The van der Waals surface area contributed by atoms with Crippen molar-refractivity contribution in [3.8, 4) is 0 Å². The number of carbonyl (C=O) groups excluding carboxylic acids is 1. The fourth-order valence-electron chi connectivity index (χ4n) is 1.86. The van der Waals surface area contributed by atoms with E-state index in [4.69, 9.17) is 4.74 Å². The number of benzene rings is 1. The number of amides is 1. The monoisotopic (exact) mass is 319 g/mol. The van der Waals surface area contributed by atoms with E-state index in [-0.39, 0.29) is 10.6 Å². The molecule has 3 nitrogen and oxygen atoms in total. The van der Waals surface area contributed by atoms with Gasteiger partial charge in [-0.25, -0.2) is 8.78 Å². The van der Waals surface area contributed by atoms with Crippen LogP contribution < -0.4 is 5.32 Å². The Morgan fingerprint density at radius 1 is 1.39 bits per heavy atom. The lowest BCUT2D eigenvalue weighted by atomic mass is 10.2. The minimum absolute atomic E-state index is 0.000335. The number of hydrogen-bond donors (Lipinski definition) is 1. The van der Waals surface area contributed by atoms with Gasteiger partial charge in [0.25, 0.3) is 5.91 Å². The topological polar surface area (TPSA) is 38.3 Å². The molecule has 0 spiro atoms. The summed E-state index contributed by atoms with van der Waals surface area (Å²) in [6, 6.07) is 2.19. The Bertz CT molecular complexity index is 458. The Morgan fingerprint density at radius 2 is 2.00 bits per heavy atom. The van der Waals surface area contributed by atoms with Crippen molar-refractivity contribution in [3.63, 3.8) is 0 Å². The average Bonchev–Trinajstić information content (AvgIpc) is 2.70. The summed E-state index contributed by atoms with van der Waals surface area (Å²) < 4.78 is 32.6. The maximum Gasteiger partial charge on any atom is 0.253 e. The van der Waals surface area contributed by atoms with Crippen LogP contribution in [-0.2, 0) is 9.53 Å². The molecule has 1 fully saturated rings. The molecule has 1 aliphatic heterocycles. The van der Waals surface area contributed by atoms with E-state index >= 15 is 0 Å². The van der Waals surface area contributed by atoms with Gasteiger partial charge in [0, 0.05) is 4.47 Å². The molecule has 98 valence electrons. The Morgan fingerprint density at radius 3 is 2.50 bits per heavy atom. The Kier molecular flexibility index (Phi) is 3.97. The molecule has 0 bridgehead atoms. The van der Waals surface area contributed by atoms with Crippen molar-refractivity contribution in [2.75, 3.05) is 5.32 Å². The molecule has 1 saturated heterocycles. The van der Waals surface area contributed by atoms with E-state index in [2.05, 4.69) is 21.2 Å². The van der Waals surface area contributed by atoms with Crippen LogP contribution in [0.2, 0.25) is 0 Å². The van der Waals surface area contributed by atoms with E-state index in [1.807, 2.05) is 6.92 Å². The first-order valence-corrected chi connectivity index (χ1v) is 6.37. The van der Waals surface area contributed by atoms with E-state index in [0.29, 0.717) is 6.42 Å². The van der Waals surface area contributed by atoms with Crippen molar-refractivity contribution >= 4 is 27.5 Å². The SMILES string of the molecule is CC1CCC(C(=O)Nc2c(F)cc(Br)cc2F)O1. The van der Waals surface area contributed by atoms with Gasteiger partial charge in [0.1, 0.15) is 11.8 Å². The molecule has 2 unspecified atom stereocenters. The lowest BCUT2D eigenvalue weighted by Crippen LogP contribution is -2.28. The number of hydrogen-bond acceptors (Lipinski definition) is 2. The van der Waals surface area contributed by atoms with Gasteiger partial charge in [0.2, 0.25) is 0 Å². The molecule has 6 heteroatoms. The van der Waals surface area contributed by atoms with Crippen LogP contribution in [0.25, 0.3) is 0 Å². The highest BCUT2D eigenvalue weighted by Gasteiger charge is 2.29. The lowest BCUT2D eigenvalue weighted by Gasteiger charge is -2.13. The van der Waals surface area contributed by atoms with Crippen molar-refractivity contribution in [3.05, 3.63) is 28.2 Å². The summed E-state index contributed by atoms with van der Waals surface area (Å²) in [5.74, 6) is -2.15. The van der Waals surface area contributed by atoms with Gasteiger partial charge in [-0.2, -0.15) is 0 Å². The molecule has 2 atom stereocenters. The molecule has 1 aliphatic rings. The van der Waals surface area contributed by atoms with Crippen LogP contribution in [0.4, 0.5) is 14.5 Å². The average molecular weight is 320 g/mol. The predicted octanol–water partition coefficient (Wildman–Crippen LogP) is 3.23. The first-order valence-electron chi connectivity index (χ1n) is 5.58. The summed E-state index contributed by atoms with van der Waals surface area (Å²) in [6.45, 7) is 1.86. The predicted molar refractivity (Wildman–Crippen MR) is 66.3 cm³/mol. The second-order valence-corrected chi connectivity index (χ2v) is 5.16. The Balaban J connectivity index is 2.12. The van der Waals surface area contributed by atoms with Crippen LogP contribution in [0.5, 0.6) is 0 Å². The molecule has 0 radical (unpaired) electrons. The third-order valence-corrected chi connectivity index (χ3v) is 3.24. The van der Waals surface area contributed by atoms with Crippen LogP contribution >= 0.6 is 15.9 Å². The van der Waals surface area contributed by atoms with Crippen molar-refractivity contribution in [2.45, 2.75) is 32.0 Å². The molecule has 1 N–H and O–H groups in total. The van der Waals surface area contributed by atoms with Crippen molar-refractivity contribution in [1.82, 2.24) is 0 Å². The van der Waals surface area contributed by atoms with Crippen LogP contribution in [0, 0.1) is 11.6 Å². The number of rotatable bonds is 2. The van der Waals surface area contributed by atoms with E-state index in [1.54, 1.807) is 0 Å². The molecule has 1 heterocycles. The van der Waals surface area contributed by atoms with Crippen LogP contribution in [0.1, 0.15) is 19.8 Å². The molecule has 0 aliphatic carbocycles. The fraction of sp³-hybridized carbons (Fsp3) is 0.417. The molecule has 0 aromatic heterocycles. The quantitative estimate of drug-likeness (QED) is 0.908. The zero-order valence-corrected chi connectivity index (χ0v) is 11.3.